The van der Waals surface area contributed by atoms with E-state index < -0.39 is 35.1 Å². The summed E-state index contributed by atoms with van der Waals surface area (Å²) in [5.74, 6) is -0.537. The largest absolute Gasteiger partial charge is 0.416 e. The molecule has 1 aliphatic carbocycles. The van der Waals surface area contributed by atoms with Crippen molar-refractivity contribution in [2.45, 2.75) is 18.8 Å². The quantitative estimate of drug-likeness (QED) is 0.244. The molecule has 0 saturated heterocycles. The van der Waals surface area contributed by atoms with Crippen LogP contribution in [0.3, 0.4) is 0 Å². The first-order chi connectivity index (χ1) is 15.9. The number of hydrogen-bond donors (Lipinski definition) is 2. The van der Waals surface area contributed by atoms with Crippen molar-refractivity contribution in [3.63, 3.8) is 0 Å². The van der Waals surface area contributed by atoms with Crippen LogP contribution in [0.4, 0.5) is 32.0 Å². The Morgan fingerprint density at radius 3 is 2.35 bits per heavy atom. The normalized spacial score (nSPS) is 19.0. The Morgan fingerprint density at radius 1 is 1.15 bits per heavy atom. The first-order valence-electron chi connectivity index (χ1n) is 9.62. The number of alkyl halides is 6. The third kappa shape index (κ3) is 6.10. The molecule has 1 aromatic rings. The molecule has 5 nitrogen and oxygen atoms in total. The molecule has 34 heavy (non-hydrogen) atoms. The number of carbonyl (C=O) groups is 1. The molecule has 0 fully saturated rings. The lowest BCUT2D eigenvalue weighted by atomic mass is 10.0. The summed E-state index contributed by atoms with van der Waals surface area (Å²) in [6.45, 7) is 0. The molecule has 3 rings (SSSR count). The summed E-state index contributed by atoms with van der Waals surface area (Å²) in [5, 5.41) is 3.77. The highest BCUT2D eigenvalue weighted by Gasteiger charge is 2.38. The molecule has 0 bridgehead atoms. The summed E-state index contributed by atoms with van der Waals surface area (Å²) in [4.78, 5) is 15.5. The summed E-state index contributed by atoms with van der Waals surface area (Å²) in [6, 6.07) is 1.25. The van der Waals surface area contributed by atoms with Crippen molar-refractivity contribution in [1.82, 2.24) is 10.7 Å². The average molecular weight is 503 g/mol. The van der Waals surface area contributed by atoms with Crippen LogP contribution >= 0.6 is 11.6 Å². The van der Waals surface area contributed by atoms with Crippen molar-refractivity contribution in [3.05, 3.63) is 87.8 Å². The smallest absolute Gasteiger partial charge is 0.314 e. The maximum atomic E-state index is 13.3. The van der Waals surface area contributed by atoms with Crippen LogP contribution in [0.15, 0.2) is 81.6 Å². The Labute approximate surface area is 195 Å². The number of carbonyl (C=O) groups excluding carboxylic acids is 1. The first-order valence-corrected chi connectivity index (χ1v) is 10.00. The van der Waals surface area contributed by atoms with Crippen LogP contribution in [-0.4, -0.2) is 19.3 Å². The fraction of sp³-hybridized carbons (Fsp3) is 0.182. The van der Waals surface area contributed by atoms with Gasteiger partial charge in [-0.1, -0.05) is 17.7 Å². The minimum atomic E-state index is -4.99. The van der Waals surface area contributed by atoms with Gasteiger partial charge in [0, 0.05) is 29.9 Å². The zero-order valence-electron chi connectivity index (χ0n) is 17.4. The highest BCUT2D eigenvalue weighted by atomic mass is 35.5. The van der Waals surface area contributed by atoms with Gasteiger partial charge in [-0.05, 0) is 48.4 Å². The highest BCUT2D eigenvalue weighted by Crippen LogP contribution is 2.39. The average Bonchev–Trinajstić information content (AvgIpc) is 3.19. The predicted octanol–water partition coefficient (Wildman–Crippen LogP) is 5.60. The maximum absolute atomic E-state index is 13.3. The van der Waals surface area contributed by atoms with E-state index >= 15 is 0 Å². The number of allylic oxidation sites excluding steroid dienone is 6. The minimum absolute atomic E-state index is 0.0531. The van der Waals surface area contributed by atoms with E-state index in [1.165, 1.54) is 19.3 Å². The fourth-order valence-electron chi connectivity index (χ4n) is 3.11. The van der Waals surface area contributed by atoms with Gasteiger partial charge in [0.25, 0.3) is 0 Å². The van der Waals surface area contributed by atoms with Crippen molar-refractivity contribution < 1.29 is 31.1 Å². The van der Waals surface area contributed by atoms with Gasteiger partial charge in [0.1, 0.15) is 0 Å². The van der Waals surface area contributed by atoms with Gasteiger partial charge >= 0.3 is 12.4 Å². The lowest BCUT2D eigenvalue weighted by molar-refractivity contribution is -0.143. The van der Waals surface area contributed by atoms with Gasteiger partial charge in [-0.2, -0.15) is 26.3 Å². The molecule has 0 aromatic heterocycles. The lowest BCUT2D eigenvalue weighted by Crippen LogP contribution is -2.29. The molecule has 1 aliphatic heterocycles. The number of nitrogens with one attached hydrogen (secondary N) is 2. The summed E-state index contributed by atoms with van der Waals surface area (Å²) in [6.07, 6.45) is 0.368. The summed E-state index contributed by atoms with van der Waals surface area (Å²) in [7, 11) is 1.45. The molecular weight excluding hydrogens is 486 g/mol. The molecule has 0 spiro atoms. The van der Waals surface area contributed by atoms with Gasteiger partial charge in [-0.25, -0.2) is 0 Å². The SMILES string of the molecule is CN=CNC(=O)/C=C/C1=CN(c2cc(C(F)(F)F)cc(C(F)(F)F)c2)NC1=C1C=C(Cl)C=CC1. The van der Waals surface area contributed by atoms with Crippen LogP contribution in [0.5, 0.6) is 0 Å². The predicted molar refractivity (Wildman–Crippen MR) is 117 cm³/mol. The van der Waals surface area contributed by atoms with Gasteiger partial charge < -0.3 is 5.32 Å². The van der Waals surface area contributed by atoms with Gasteiger partial charge in [0.05, 0.1) is 28.8 Å². The zero-order valence-corrected chi connectivity index (χ0v) is 18.2. The van der Waals surface area contributed by atoms with Crippen molar-refractivity contribution in [3.8, 4) is 0 Å². The Morgan fingerprint density at radius 2 is 1.79 bits per heavy atom. The molecule has 0 unspecified atom stereocenters. The number of halogens is 7. The van der Waals surface area contributed by atoms with E-state index in [-0.39, 0.29) is 6.07 Å². The number of anilines is 1. The van der Waals surface area contributed by atoms with E-state index in [9.17, 15) is 31.1 Å². The molecular formula is C22H17ClF6N4O. The van der Waals surface area contributed by atoms with Crippen molar-refractivity contribution in [2.75, 3.05) is 12.1 Å². The van der Waals surface area contributed by atoms with Crippen LogP contribution in [-0.2, 0) is 17.1 Å². The minimum Gasteiger partial charge on any atom is -0.314 e. The van der Waals surface area contributed by atoms with Crippen LogP contribution < -0.4 is 15.8 Å². The number of rotatable bonds is 4. The molecule has 1 aromatic carbocycles. The molecule has 0 radical (unpaired) electrons. The van der Waals surface area contributed by atoms with Crippen molar-refractivity contribution in [1.29, 1.82) is 0 Å². The zero-order chi connectivity index (χ0) is 25.1. The van der Waals surface area contributed by atoms with Gasteiger partial charge in [-0.15, -0.1) is 0 Å². The van der Waals surface area contributed by atoms with Crippen molar-refractivity contribution >= 4 is 29.5 Å². The second-order valence-corrected chi connectivity index (χ2v) is 7.53. The molecule has 2 aliphatic rings. The van der Waals surface area contributed by atoms with Crippen LogP contribution in [0.1, 0.15) is 17.5 Å². The number of nitrogens with zero attached hydrogens (tertiary/aromatic N) is 2. The molecule has 12 heteroatoms. The summed E-state index contributed by atoms with van der Waals surface area (Å²) >= 11 is 6.05. The molecule has 180 valence electrons. The monoisotopic (exact) mass is 502 g/mol. The summed E-state index contributed by atoms with van der Waals surface area (Å²) < 4.78 is 79.8. The topological polar surface area (TPSA) is 56.7 Å². The number of benzene rings is 1. The second kappa shape index (κ2) is 9.80. The van der Waals surface area contributed by atoms with E-state index in [2.05, 4.69) is 15.7 Å². The Kier molecular flexibility index (Phi) is 7.25. The number of amides is 1. The Hall–Kier alpha value is -3.47. The van der Waals surface area contributed by atoms with E-state index in [1.54, 1.807) is 18.2 Å². The van der Waals surface area contributed by atoms with E-state index in [4.69, 9.17) is 11.6 Å². The fourth-order valence-corrected chi connectivity index (χ4v) is 3.33. The van der Waals surface area contributed by atoms with Gasteiger partial charge in [0.2, 0.25) is 5.91 Å². The highest BCUT2D eigenvalue weighted by molar-refractivity contribution is 6.31. The van der Waals surface area contributed by atoms with E-state index in [0.717, 1.165) is 17.4 Å². The molecule has 0 saturated carbocycles. The Bertz CT molecular complexity index is 1130. The summed E-state index contributed by atoms with van der Waals surface area (Å²) in [5.41, 5.74) is 0.824. The Balaban J connectivity index is 2.08. The van der Waals surface area contributed by atoms with Crippen LogP contribution in [0, 0.1) is 0 Å². The van der Waals surface area contributed by atoms with Crippen LogP contribution in [0.25, 0.3) is 0 Å². The number of hydrazine groups is 1. The molecule has 1 heterocycles. The standard InChI is InChI=1S/C22H17ClF6N4O/c1-30-12-31-19(34)6-5-14-11-33(32-20(14)13-3-2-4-17(23)7-13)18-9-15(21(24,25)26)8-16(10-18)22(27,28)29/h2,4-12,32H,3H2,1H3,(H,30,31,34)/b6-5+,20-13?. The molecule has 2 N–H and O–H groups in total. The van der Waals surface area contributed by atoms with E-state index in [0.29, 0.717) is 40.4 Å². The molecule has 1 amide bonds. The van der Waals surface area contributed by atoms with Crippen LogP contribution in [0.2, 0.25) is 0 Å². The number of hydrogen-bond acceptors (Lipinski definition) is 4. The lowest BCUT2D eigenvalue weighted by Gasteiger charge is -2.22. The number of aliphatic imine (C=N–C) groups is 1. The van der Waals surface area contributed by atoms with Crippen molar-refractivity contribution in [2.24, 2.45) is 4.99 Å². The maximum Gasteiger partial charge on any atom is 0.416 e. The first kappa shape index (κ1) is 25.2. The van der Waals surface area contributed by atoms with Gasteiger partial charge in [-0.3, -0.25) is 20.2 Å². The third-order valence-electron chi connectivity index (χ3n) is 4.64. The van der Waals surface area contributed by atoms with E-state index in [1.807, 2.05) is 0 Å². The second-order valence-electron chi connectivity index (χ2n) is 7.10. The van der Waals surface area contributed by atoms with Gasteiger partial charge in [0.15, 0.2) is 0 Å². The third-order valence-corrected chi connectivity index (χ3v) is 4.87. The molecule has 0 atom stereocenters.